The molecule has 7 aromatic rings. The Bertz CT molecular complexity index is 2220. The normalized spacial score (nSPS) is 12.0. The smallest absolute Gasteiger partial charge is 0.214 e. The number of thiophene rings is 1. The Balaban J connectivity index is 0.000000204. The van der Waals surface area contributed by atoms with E-state index in [-0.39, 0.29) is 20.1 Å². The Kier molecular flexibility index (Phi) is 10.3. The maximum Gasteiger partial charge on any atom is 0.214 e. The third-order valence-electron chi connectivity index (χ3n) is 7.95. The topological polar surface area (TPSA) is 38.7 Å². The molecule has 3 nitrogen and oxygen atoms in total. The van der Waals surface area contributed by atoms with E-state index in [2.05, 4.69) is 78.9 Å². The molecule has 48 heavy (non-hydrogen) atoms. The SMILES string of the molecule is CC(C)Cc1cc(-c2[c-]cccc2)ncc1[Si](C)(C)C.[2H]C([2H])c1cc(-c2[c-]ccc3c2sc2nc(F)ccc23)ncc1-c1ccccc1.[Ir]. The van der Waals surface area contributed by atoms with E-state index in [0.717, 1.165) is 49.8 Å². The predicted octanol–water partition coefficient (Wildman–Crippen LogP) is 10.7. The number of fused-ring (bicyclic) bond motifs is 3. The quantitative estimate of drug-likeness (QED) is 0.0951. The minimum absolute atomic E-state index is 0. The summed E-state index contributed by atoms with van der Waals surface area (Å²) in [6.07, 6.45) is 4.95. The summed E-state index contributed by atoms with van der Waals surface area (Å²) in [6.45, 7) is 10.6. The van der Waals surface area contributed by atoms with Crippen LogP contribution in [0.3, 0.4) is 0 Å². The molecule has 3 aromatic carbocycles. The third kappa shape index (κ3) is 7.87. The molecule has 245 valence electrons. The molecule has 0 bridgehead atoms. The van der Waals surface area contributed by atoms with Crippen LogP contribution in [0.25, 0.3) is 53.9 Å². The van der Waals surface area contributed by atoms with Crippen molar-refractivity contribution in [1.82, 2.24) is 15.0 Å². The second kappa shape index (κ2) is 15.1. The number of pyridine rings is 3. The Morgan fingerprint density at radius 3 is 2.33 bits per heavy atom. The van der Waals surface area contributed by atoms with Crippen LogP contribution in [0.2, 0.25) is 19.6 Å². The van der Waals surface area contributed by atoms with Gasteiger partial charge < -0.3 is 9.97 Å². The first-order valence-electron chi connectivity index (χ1n) is 16.9. The molecule has 7 heteroatoms. The minimum atomic E-state index is -1.34. The molecule has 7 rings (SSSR count). The molecule has 0 saturated heterocycles. The van der Waals surface area contributed by atoms with Crippen LogP contribution in [0.1, 0.15) is 27.7 Å². The Hall–Kier alpha value is -3.87. The molecule has 0 saturated carbocycles. The van der Waals surface area contributed by atoms with Gasteiger partial charge in [-0.2, -0.15) is 15.7 Å². The molecule has 0 N–H and O–H groups in total. The number of nitrogens with zero attached hydrogens (tertiary/aromatic N) is 3. The number of hydrogen-bond donors (Lipinski definition) is 0. The molecule has 1 radical (unpaired) electrons. The summed E-state index contributed by atoms with van der Waals surface area (Å²) in [7, 11) is -1.34. The first kappa shape index (κ1) is 32.7. The van der Waals surface area contributed by atoms with E-state index < -0.39 is 20.9 Å². The Morgan fingerprint density at radius 2 is 1.62 bits per heavy atom. The van der Waals surface area contributed by atoms with Crippen LogP contribution >= 0.6 is 11.3 Å². The Labute approximate surface area is 304 Å². The van der Waals surface area contributed by atoms with Gasteiger partial charge in [0.1, 0.15) is 4.83 Å². The van der Waals surface area contributed by atoms with Gasteiger partial charge >= 0.3 is 0 Å². The van der Waals surface area contributed by atoms with Crippen molar-refractivity contribution in [2.24, 2.45) is 5.92 Å². The summed E-state index contributed by atoms with van der Waals surface area (Å²) in [4.78, 5) is 13.9. The maximum absolute atomic E-state index is 13.6. The van der Waals surface area contributed by atoms with Crippen molar-refractivity contribution in [3.63, 3.8) is 0 Å². The van der Waals surface area contributed by atoms with Crippen LogP contribution < -0.4 is 5.19 Å². The van der Waals surface area contributed by atoms with Crippen LogP contribution in [0, 0.1) is 30.9 Å². The van der Waals surface area contributed by atoms with Crippen molar-refractivity contribution in [2.45, 2.75) is 46.8 Å². The number of hydrogen-bond acceptors (Lipinski definition) is 4. The zero-order valence-corrected chi connectivity index (χ0v) is 31.8. The molecule has 0 fully saturated rings. The molecule has 0 aliphatic carbocycles. The van der Waals surface area contributed by atoms with Gasteiger partial charge in [0, 0.05) is 46.2 Å². The zero-order valence-electron chi connectivity index (χ0n) is 29.6. The minimum Gasteiger partial charge on any atom is -0.305 e. The summed E-state index contributed by atoms with van der Waals surface area (Å²) in [5, 5.41) is 3.35. The second-order valence-electron chi connectivity index (χ2n) is 13.1. The van der Waals surface area contributed by atoms with Gasteiger partial charge in [-0.3, -0.25) is 0 Å². The van der Waals surface area contributed by atoms with Crippen LogP contribution in [0.15, 0.2) is 103 Å². The maximum atomic E-state index is 13.6. The summed E-state index contributed by atoms with van der Waals surface area (Å²) in [5.41, 5.74) is 7.29. The predicted molar refractivity (Wildman–Crippen MR) is 199 cm³/mol. The van der Waals surface area contributed by atoms with E-state index in [9.17, 15) is 4.39 Å². The molecule has 0 atom stereocenters. The average molecular weight is 846 g/mol. The fraction of sp³-hybridized carbons (Fsp3) is 0.195. The Morgan fingerprint density at radius 1 is 0.854 bits per heavy atom. The zero-order chi connectivity index (χ0) is 34.7. The van der Waals surface area contributed by atoms with Crippen molar-refractivity contribution in [1.29, 1.82) is 0 Å². The summed E-state index contributed by atoms with van der Waals surface area (Å²) >= 11 is 1.40. The van der Waals surface area contributed by atoms with Crippen molar-refractivity contribution in [2.75, 3.05) is 0 Å². The monoisotopic (exact) mass is 846 g/mol. The van der Waals surface area contributed by atoms with Crippen molar-refractivity contribution in [3.8, 4) is 33.6 Å². The molecule has 4 aromatic heterocycles. The number of benzene rings is 3. The van der Waals surface area contributed by atoms with Gasteiger partial charge in [0.25, 0.3) is 0 Å². The summed E-state index contributed by atoms with van der Waals surface area (Å²) in [5.74, 6) is 0.161. The van der Waals surface area contributed by atoms with E-state index in [4.69, 9.17) is 2.74 Å². The van der Waals surface area contributed by atoms with E-state index in [1.807, 2.05) is 60.7 Å². The molecule has 0 aliphatic heterocycles. The number of rotatable bonds is 6. The standard InChI is InChI=1S/C23H14FN2S.C18H24NSi.Ir/c1-14-12-20(25-13-19(14)15-6-3-2-4-7-15)18-9-5-8-16-17-10-11-21(24)26-23(17)27-22(16)18;1-14(2)11-16-12-17(15-9-7-6-8-10-15)19-13-18(16)20(3,4)5;/h2-8,10-13H,1H3;6-9,12-14H,11H2,1-5H3;/q2*-1;/i1D2;;. The fourth-order valence-corrected chi connectivity index (χ4v) is 8.49. The second-order valence-corrected chi connectivity index (χ2v) is 19.1. The van der Waals surface area contributed by atoms with Gasteiger partial charge in [0.05, 0.1) is 8.07 Å². The fourth-order valence-electron chi connectivity index (χ4n) is 5.74. The van der Waals surface area contributed by atoms with Crippen molar-refractivity contribution >= 4 is 44.9 Å². The van der Waals surface area contributed by atoms with Gasteiger partial charge in [0.2, 0.25) is 5.95 Å². The van der Waals surface area contributed by atoms with Gasteiger partial charge in [-0.15, -0.1) is 59.7 Å². The first-order chi connectivity index (χ1) is 23.5. The van der Waals surface area contributed by atoms with E-state index in [1.54, 1.807) is 18.3 Å². The van der Waals surface area contributed by atoms with E-state index >= 15 is 0 Å². The summed E-state index contributed by atoms with van der Waals surface area (Å²) in [6, 6.07) is 35.2. The summed E-state index contributed by atoms with van der Waals surface area (Å²) < 4.78 is 30.5. The van der Waals surface area contributed by atoms with Crippen LogP contribution in [-0.4, -0.2) is 23.0 Å². The van der Waals surface area contributed by atoms with Crippen LogP contribution in [0.4, 0.5) is 4.39 Å². The third-order valence-corrected chi connectivity index (χ3v) is 11.2. The molecule has 4 heterocycles. The first-order valence-corrected chi connectivity index (χ1v) is 20.1. The van der Waals surface area contributed by atoms with E-state index in [1.165, 1.54) is 28.2 Å². The van der Waals surface area contributed by atoms with Gasteiger partial charge in [-0.05, 0) is 63.7 Å². The van der Waals surface area contributed by atoms with E-state index in [0.29, 0.717) is 22.0 Å². The van der Waals surface area contributed by atoms with Crippen LogP contribution in [-0.2, 0) is 26.5 Å². The average Bonchev–Trinajstić information content (AvgIpc) is 3.46. The van der Waals surface area contributed by atoms with Gasteiger partial charge in [-0.1, -0.05) is 86.9 Å². The van der Waals surface area contributed by atoms with Crippen LogP contribution in [0.5, 0.6) is 0 Å². The molecule has 0 spiro atoms. The van der Waals surface area contributed by atoms with Crippen molar-refractivity contribution < 1.29 is 27.2 Å². The largest absolute Gasteiger partial charge is 0.305 e. The molecule has 0 aliphatic rings. The van der Waals surface area contributed by atoms with Crippen molar-refractivity contribution in [3.05, 3.63) is 133 Å². The number of aryl methyl sites for hydroxylation is 1. The number of aromatic nitrogens is 3. The molecular formula is C41H38FIrN3SSi-2. The van der Waals surface area contributed by atoms with Gasteiger partial charge in [-0.25, -0.2) is 4.98 Å². The number of halogens is 1. The molecular weight excluding hydrogens is 806 g/mol. The molecule has 0 unspecified atom stereocenters. The van der Waals surface area contributed by atoms with Gasteiger partial charge in [0.15, 0.2) is 0 Å². The molecule has 0 amide bonds.